The lowest BCUT2D eigenvalue weighted by molar-refractivity contribution is -0.384. The number of carbonyl (C=O) groups excluding carboxylic acids is 1. The predicted octanol–water partition coefficient (Wildman–Crippen LogP) is 1.06. The number of nitro groups is 1. The molecule has 1 rings (SSSR count). The van der Waals surface area contributed by atoms with Crippen LogP contribution in [0.1, 0.15) is 23.7 Å². The van der Waals surface area contributed by atoms with Crippen molar-refractivity contribution in [2.45, 2.75) is 19.4 Å². The fourth-order valence-electron chi connectivity index (χ4n) is 1.20. The molecule has 17 heavy (non-hydrogen) atoms. The van der Waals surface area contributed by atoms with Crippen molar-refractivity contribution in [3.63, 3.8) is 0 Å². The summed E-state index contributed by atoms with van der Waals surface area (Å²) in [7, 11) is 0. The van der Waals surface area contributed by atoms with Gasteiger partial charge in [0.1, 0.15) is 0 Å². The lowest BCUT2D eigenvalue weighted by atomic mass is 10.2. The zero-order chi connectivity index (χ0) is 12.8. The van der Waals surface area contributed by atoms with Gasteiger partial charge in [-0.1, -0.05) is 6.92 Å². The van der Waals surface area contributed by atoms with Crippen LogP contribution >= 0.6 is 0 Å². The Morgan fingerprint density at radius 3 is 2.53 bits per heavy atom. The Bertz CT molecular complexity index is 403. The third-order valence-electron chi connectivity index (χ3n) is 2.39. The highest BCUT2D eigenvalue weighted by Gasteiger charge is 2.09. The van der Waals surface area contributed by atoms with E-state index in [1.54, 1.807) is 0 Å². The zero-order valence-electron chi connectivity index (χ0n) is 9.55. The summed E-state index contributed by atoms with van der Waals surface area (Å²) in [4.78, 5) is 21.5. The van der Waals surface area contributed by atoms with Gasteiger partial charge in [0.15, 0.2) is 0 Å². The Hall–Kier alpha value is -1.95. The van der Waals surface area contributed by atoms with Gasteiger partial charge in [-0.15, -0.1) is 0 Å². The fraction of sp³-hybridized carbons (Fsp3) is 0.364. The van der Waals surface area contributed by atoms with Crippen molar-refractivity contribution in [2.24, 2.45) is 5.73 Å². The van der Waals surface area contributed by atoms with E-state index in [1.165, 1.54) is 24.3 Å². The van der Waals surface area contributed by atoms with Crippen LogP contribution in [0.5, 0.6) is 0 Å². The van der Waals surface area contributed by atoms with E-state index < -0.39 is 4.92 Å². The molecule has 1 aromatic carbocycles. The first-order valence-corrected chi connectivity index (χ1v) is 5.32. The van der Waals surface area contributed by atoms with Crippen molar-refractivity contribution in [1.82, 2.24) is 5.32 Å². The molecular weight excluding hydrogens is 222 g/mol. The van der Waals surface area contributed by atoms with E-state index >= 15 is 0 Å². The van der Waals surface area contributed by atoms with Crippen LogP contribution in [0.25, 0.3) is 0 Å². The molecule has 0 spiro atoms. The molecule has 92 valence electrons. The number of nitro benzene ring substituents is 1. The summed E-state index contributed by atoms with van der Waals surface area (Å²) >= 11 is 0. The van der Waals surface area contributed by atoms with Crippen LogP contribution in [0.3, 0.4) is 0 Å². The molecule has 6 nitrogen and oxygen atoms in total. The Morgan fingerprint density at radius 2 is 2.06 bits per heavy atom. The molecule has 1 aromatic rings. The van der Waals surface area contributed by atoms with Crippen LogP contribution in [0.2, 0.25) is 0 Å². The summed E-state index contributed by atoms with van der Waals surface area (Å²) in [5.41, 5.74) is 6.01. The number of nitrogens with one attached hydrogen (secondary N) is 1. The number of rotatable bonds is 5. The van der Waals surface area contributed by atoms with Gasteiger partial charge in [0.2, 0.25) is 0 Å². The lowest BCUT2D eigenvalue weighted by Gasteiger charge is -2.09. The summed E-state index contributed by atoms with van der Waals surface area (Å²) in [5.74, 6) is -0.274. The molecule has 1 unspecified atom stereocenters. The summed E-state index contributed by atoms with van der Waals surface area (Å²) in [6, 6.07) is 5.37. The van der Waals surface area contributed by atoms with Crippen LogP contribution in [-0.4, -0.2) is 23.4 Å². The maximum Gasteiger partial charge on any atom is 0.269 e. The molecule has 0 saturated heterocycles. The van der Waals surface area contributed by atoms with Crippen molar-refractivity contribution in [3.05, 3.63) is 39.9 Å². The van der Waals surface area contributed by atoms with E-state index in [1.807, 2.05) is 6.92 Å². The van der Waals surface area contributed by atoms with Gasteiger partial charge in [0, 0.05) is 30.3 Å². The maximum atomic E-state index is 11.6. The van der Waals surface area contributed by atoms with Gasteiger partial charge in [-0.05, 0) is 18.6 Å². The second-order valence-corrected chi connectivity index (χ2v) is 3.68. The van der Waals surface area contributed by atoms with Crippen LogP contribution < -0.4 is 11.1 Å². The van der Waals surface area contributed by atoms with Crippen LogP contribution in [0.15, 0.2) is 24.3 Å². The average molecular weight is 237 g/mol. The second kappa shape index (κ2) is 5.95. The summed E-state index contributed by atoms with van der Waals surface area (Å²) in [6.45, 7) is 2.33. The molecule has 3 N–H and O–H groups in total. The molecule has 0 aliphatic heterocycles. The summed E-state index contributed by atoms with van der Waals surface area (Å²) in [6.07, 6.45) is 0.778. The van der Waals surface area contributed by atoms with E-state index in [2.05, 4.69) is 5.32 Å². The van der Waals surface area contributed by atoms with Gasteiger partial charge in [-0.3, -0.25) is 14.9 Å². The van der Waals surface area contributed by atoms with E-state index in [4.69, 9.17) is 5.73 Å². The Morgan fingerprint density at radius 1 is 1.47 bits per heavy atom. The molecular formula is C11H15N3O3. The highest BCUT2D eigenvalue weighted by atomic mass is 16.6. The minimum atomic E-state index is -0.505. The maximum absolute atomic E-state index is 11.6. The van der Waals surface area contributed by atoms with Crippen molar-refractivity contribution in [3.8, 4) is 0 Å². The van der Waals surface area contributed by atoms with Gasteiger partial charge in [-0.25, -0.2) is 0 Å². The molecule has 1 amide bonds. The topological polar surface area (TPSA) is 98.3 Å². The first-order chi connectivity index (χ1) is 8.04. The van der Waals surface area contributed by atoms with Crippen LogP contribution in [0.4, 0.5) is 5.69 Å². The Balaban J connectivity index is 2.61. The van der Waals surface area contributed by atoms with Gasteiger partial charge in [0.25, 0.3) is 11.6 Å². The largest absolute Gasteiger partial charge is 0.350 e. The highest BCUT2D eigenvalue weighted by Crippen LogP contribution is 2.11. The number of benzene rings is 1. The smallest absolute Gasteiger partial charge is 0.269 e. The van der Waals surface area contributed by atoms with Crippen LogP contribution in [-0.2, 0) is 0 Å². The third kappa shape index (κ3) is 3.84. The number of non-ortho nitro benzene ring substituents is 1. The molecule has 6 heteroatoms. The van der Waals surface area contributed by atoms with Crippen molar-refractivity contribution in [1.29, 1.82) is 0 Å². The predicted molar refractivity (Wildman–Crippen MR) is 63.7 cm³/mol. The van der Waals surface area contributed by atoms with Crippen molar-refractivity contribution in [2.75, 3.05) is 6.54 Å². The SMILES string of the molecule is CCC(N)CNC(=O)c1ccc([N+](=O)[O-])cc1. The number of carbonyl (C=O) groups is 1. The second-order valence-electron chi connectivity index (χ2n) is 3.68. The first-order valence-electron chi connectivity index (χ1n) is 5.32. The van der Waals surface area contributed by atoms with Crippen molar-refractivity contribution < 1.29 is 9.72 Å². The van der Waals surface area contributed by atoms with Gasteiger partial charge in [-0.2, -0.15) is 0 Å². The third-order valence-corrected chi connectivity index (χ3v) is 2.39. The van der Waals surface area contributed by atoms with Gasteiger partial charge >= 0.3 is 0 Å². The number of amides is 1. The number of nitrogens with two attached hydrogens (primary N) is 1. The van der Waals surface area contributed by atoms with E-state index in [9.17, 15) is 14.9 Å². The van der Waals surface area contributed by atoms with Crippen molar-refractivity contribution >= 4 is 11.6 Å². The minimum absolute atomic E-state index is 0.0354. The quantitative estimate of drug-likeness (QED) is 0.591. The Kier molecular flexibility index (Phi) is 4.59. The fourth-order valence-corrected chi connectivity index (χ4v) is 1.20. The standard InChI is InChI=1S/C11H15N3O3/c1-2-9(12)7-13-11(15)8-3-5-10(6-4-8)14(16)17/h3-6,9H,2,7,12H2,1H3,(H,13,15). The summed E-state index contributed by atoms with van der Waals surface area (Å²) in [5, 5.41) is 13.1. The summed E-state index contributed by atoms with van der Waals surface area (Å²) < 4.78 is 0. The number of hydrogen-bond donors (Lipinski definition) is 2. The van der Waals surface area contributed by atoms with Crippen LogP contribution in [0, 0.1) is 10.1 Å². The highest BCUT2D eigenvalue weighted by molar-refractivity contribution is 5.94. The molecule has 0 aliphatic rings. The first kappa shape index (κ1) is 13.1. The molecule has 0 saturated carbocycles. The molecule has 1 atom stereocenters. The normalized spacial score (nSPS) is 11.9. The number of nitrogens with zero attached hydrogens (tertiary/aromatic N) is 1. The monoisotopic (exact) mass is 237 g/mol. The average Bonchev–Trinajstić information content (AvgIpc) is 2.35. The molecule has 0 aromatic heterocycles. The molecule has 0 radical (unpaired) electrons. The zero-order valence-corrected chi connectivity index (χ0v) is 9.55. The minimum Gasteiger partial charge on any atom is -0.350 e. The molecule has 0 aliphatic carbocycles. The van der Waals surface area contributed by atoms with E-state index in [0.29, 0.717) is 12.1 Å². The molecule has 0 fully saturated rings. The molecule has 0 heterocycles. The molecule has 0 bridgehead atoms. The van der Waals surface area contributed by atoms with E-state index in [-0.39, 0.29) is 17.6 Å². The van der Waals surface area contributed by atoms with Gasteiger partial charge in [0.05, 0.1) is 4.92 Å². The number of hydrogen-bond acceptors (Lipinski definition) is 4. The van der Waals surface area contributed by atoms with Gasteiger partial charge < -0.3 is 11.1 Å². The van der Waals surface area contributed by atoms with E-state index in [0.717, 1.165) is 6.42 Å². The Labute approximate surface area is 99.0 Å². The lowest BCUT2D eigenvalue weighted by Crippen LogP contribution is -2.36.